The van der Waals surface area contributed by atoms with E-state index in [9.17, 15) is 0 Å². The van der Waals surface area contributed by atoms with E-state index < -0.39 is 0 Å². The minimum atomic E-state index is 0.187. The normalized spacial score (nSPS) is 18.4. The molecule has 1 aromatic heterocycles. The van der Waals surface area contributed by atoms with Gasteiger partial charge in [0, 0.05) is 19.6 Å². The van der Waals surface area contributed by atoms with Gasteiger partial charge < -0.3 is 9.84 Å². The lowest BCUT2D eigenvalue weighted by atomic mass is 10.0. The lowest BCUT2D eigenvalue weighted by Gasteiger charge is -2.30. The van der Waals surface area contributed by atoms with Gasteiger partial charge >= 0.3 is 0 Å². The van der Waals surface area contributed by atoms with Gasteiger partial charge in [-0.3, -0.25) is 4.90 Å². The van der Waals surface area contributed by atoms with E-state index in [1.54, 1.807) is 0 Å². The zero-order chi connectivity index (χ0) is 17.1. The van der Waals surface area contributed by atoms with Gasteiger partial charge in [0.25, 0.3) is 0 Å². The van der Waals surface area contributed by atoms with Crippen molar-refractivity contribution in [3.8, 4) is 11.1 Å². The van der Waals surface area contributed by atoms with Crippen LogP contribution in [-0.2, 0) is 6.42 Å². The molecule has 1 fully saturated rings. The molecule has 2 heterocycles. The summed E-state index contributed by atoms with van der Waals surface area (Å²) in [6.45, 7) is 2.86. The van der Waals surface area contributed by atoms with Crippen molar-refractivity contribution in [3.63, 3.8) is 0 Å². The first kappa shape index (κ1) is 16.0. The predicted octanol–water partition coefficient (Wildman–Crippen LogP) is 2.90. The Bertz CT molecular complexity index is 813. The molecule has 1 aliphatic rings. The second-order valence-electron chi connectivity index (χ2n) is 6.49. The maximum Gasteiger partial charge on any atom is 0.231 e. The first-order valence-corrected chi connectivity index (χ1v) is 8.67. The van der Waals surface area contributed by atoms with Crippen molar-refractivity contribution in [1.82, 2.24) is 20.4 Å². The molecule has 0 bridgehead atoms. The van der Waals surface area contributed by atoms with Gasteiger partial charge in [-0.2, -0.15) is 4.98 Å². The number of piperazine rings is 1. The van der Waals surface area contributed by atoms with Gasteiger partial charge in [-0.25, -0.2) is 0 Å². The van der Waals surface area contributed by atoms with E-state index in [0.29, 0.717) is 12.3 Å². The number of likely N-dealkylation sites (N-methyl/N-ethyl adjacent to an activating group) is 1. The first-order chi connectivity index (χ1) is 12.3. The predicted molar refractivity (Wildman–Crippen MR) is 97.2 cm³/mol. The van der Waals surface area contributed by atoms with Crippen LogP contribution in [0.3, 0.4) is 0 Å². The topological polar surface area (TPSA) is 54.2 Å². The molecule has 0 aliphatic carbocycles. The van der Waals surface area contributed by atoms with Crippen LogP contribution in [0.25, 0.3) is 11.1 Å². The third-order valence-corrected chi connectivity index (χ3v) is 4.71. The van der Waals surface area contributed by atoms with Gasteiger partial charge in [0.1, 0.15) is 0 Å². The summed E-state index contributed by atoms with van der Waals surface area (Å²) < 4.78 is 5.47. The fourth-order valence-electron chi connectivity index (χ4n) is 3.19. The van der Waals surface area contributed by atoms with E-state index in [-0.39, 0.29) is 6.04 Å². The Morgan fingerprint density at radius 2 is 1.84 bits per heavy atom. The molecule has 1 saturated heterocycles. The summed E-state index contributed by atoms with van der Waals surface area (Å²) in [4.78, 5) is 6.86. The highest BCUT2D eigenvalue weighted by atomic mass is 16.5. The van der Waals surface area contributed by atoms with Crippen LogP contribution in [0.4, 0.5) is 0 Å². The Morgan fingerprint density at radius 1 is 1.08 bits per heavy atom. The molecule has 1 atom stereocenters. The van der Waals surface area contributed by atoms with Crippen LogP contribution >= 0.6 is 0 Å². The molecular formula is C20H22N4O. The van der Waals surface area contributed by atoms with Crippen molar-refractivity contribution in [2.24, 2.45) is 0 Å². The standard InChI is InChI=1S/C20H22N4O/c1-24-12-11-21-14-18(24)20-22-19(25-23-20)13-15-7-9-17(10-8-15)16-5-3-2-4-6-16/h2-10,18,21H,11-14H2,1H3. The van der Waals surface area contributed by atoms with Crippen molar-refractivity contribution < 1.29 is 4.52 Å². The minimum Gasteiger partial charge on any atom is -0.339 e. The molecule has 0 spiro atoms. The molecule has 0 radical (unpaired) electrons. The number of rotatable bonds is 4. The van der Waals surface area contributed by atoms with E-state index in [0.717, 1.165) is 25.5 Å². The van der Waals surface area contributed by atoms with Gasteiger partial charge in [0.05, 0.1) is 12.5 Å². The van der Waals surface area contributed by atoms with Crippen LogP contribution in [0.5, 0.6) is 0 Å². The molecule has 1 unspecified atom stereocenters. The SMILES string of the molecule is CN1CCNCC1c1noc(Cc2ccc(-c3ccccc3)cc2)n1. The molecule has 1 aliphatic heterocycles. The number of aromatic nitrogens is 2. The molecule has 128 valence electrons. The molecular weight excluding hydrogens is 312 g/mol. The van der Waals surface area contributed by atoms with E-state index in [2.05, 4.69) is 75.9 Å². The largest absolute Gasteiger partial charge is 0.339 e. The Balaban J connectivity index is 1.46. The molecule has 0 saturated carbocycles. The third kappa shape index (κ3) is 3.62. The molecule has 5 nitrogen and oxygen atoms in total. The molecule has 3 aromatic rings. The second-order valence-corrected chi connectivity index (χ2v) is 6.49. The average Bonchev–Trinajstić information content (AvgIpc) is 3.12. The maximum absolute atomic E-state index is 5.47. The summed E-state index contributed by atoms with van der Waals surface area (Å²) >= 11 is 0. The van der Waals surface area contributed by atoms with Crippen LogP contribution in [0, 0.1) is 0 Å². The second kappa shape index (κ2) is 7.17. The van der Waals surface area contributed by atoms with Crippen molar-refractivity contribution in [2.75, 3.05) is 26.7 Å². The first-order valence-electron chi connectivity index (χ1n) is 8.67. The van der Waals surface area contributed by atoms with E-state index in [1.807, 2.05) is 6.07 Å². The molecule has 25 heavy (non-hydrogen) atoms. The lowest BCUT2D eigenvalue weighted by molar-refractivity contribution is 0.190. The van der Waals surface area contributed by atoms with Crippen molar-refractivity contribution in [2.45, 2.75) is 12.5 Å². The van der Waals surface area contributed by atoms with E-state index in [4.69, 9.17) is 4.52 Å². The van der Waals surface area contributed by atoms with Gasteiger partial charge in [-0.1, -0.05) is 59.8 Å². The van der Waals surface area contributed by atoms with Crippen LogP contribution in [0.1, 0.15) is 23.3 Å². The quantitative estimate of drug-likeness (QED) is 0.795. The van der Waals surface area contributed by atoms with Gasteiger partial charge in [0.2, 0.25) is 5.89 Å². The Hall–Kier alpha value is -2.50. The van der Waals surface area contributed by atoms with Crippen LogP contribution in [0.2, 0.25) is 0 Å². The summed E-state index contributed by atoms with van der Waals surface area (Å²) in [5.41, 5.74) is 3.61. The van der Waals surface area contributed by atoms with Gasteiger partial charge in [-0.15, -0.1) is 0 Å². The Morgan fingerprint density at radius 3 is 2.60 bits per heavy atom. The highest BCUT2D eigenvalue weighted by molar-refractivity contribution is 5.63. The molecule has 2 aromatic carbocycles. The maximum atomic E-state index is 5.47. The third-order valence-electron chi connectivity index (χ3n) is 4.71. The molecule has 0 amide bonds. The summed E-state index contributed by atoms with van der Waals surface area (Å²) in [6.07, 6.45) is 0.659. The monoisotopic (exact) mass is 334 g/mol. The highest BCUT2D eigenvalue weighted by Gasteiger charge is 2.25. The van der Waals surface area contributed by atoms with Crippen LogP contribution in [-0.4, -0.2) is 41.7 Å². The zero-order valence-corrected chi connectivity index (χ0v) is 14.4. The van der Waals surface area contributed by atoms with Crippen molar-refractivity contribution in [3.05, 3.63) is 71.9 Å². The van der Waals surface area contributed by atoms with Crippen LogP contribution in [0.15, 0.2) is 59.1 Å². The van der Waals surface area contributed by atoms with E-state index in [1.165, 1.54) is 16.7 Å². The Labute approximate surface area is 147 Å². The summed E-state index contributed by atoms with van der Waals surface area (Å²) in [6, 6.07) is 19.1. The fraction of sp³-hybridized carbons (Fsp3) is 0.300. The van der Waals surface area contributed by atoms with Crippen molar-refractivity contribution in [1.29, 1.82) is 0 Å². The number of hydrogen-bond donors (Lipinski definition) is 1. The Kier molecular flexibility index (Phi) is 4.59. The summed E-state index contributed by atoms with van der Waals surface area (Å²) in [5, 5.41) is 7.56. The molecule has 4 rings (SSSR count). The fourth-order valence-corrected chi connectivity index (χ4v) is 3.19. The number of nitrogens with zero attached hydrogens (tertiary/aromatic N) is 3. The zero-order valence-electron chi connectivity index (χ0n) is 14.4. The number of nitrogens with one attached hydrogen (secondary N) is 1. The number of hydrogen-bond acceptors (Lipinski definition) is 5. The van der Waals surface area contributed by atoms with Gasteiger partial charge in [-0.05, 0) is 23.7 Å². The van der Waals surface area contributed by atoms with Gasteiger partial charge in [0.15, 0.2) is 5.82 Å². The van der Waals surface area contributed by atoms with Crippen molar-refractivity contribution >= 4 is 0 Å². The molecule has 1 N–H and O–H groups in total. The van der Waals surface area contributed by atoms with Crippen LogP contribution < -0.4 is 5.32 Å². The highest BCUT2D eigenvalue weighted by Crippen LogP contribution is 2.21. The lowest BCUT2D eigenvalue weighted by Crippen LogP contribution is -2.44. The smallest absolute Gasteiger partial charge is 0.231 e. The summed E-state index contributed by atoms with van der Waals surface area (Å²) in [7, 11) is 2.10. The summed E-state index contributed by atoms with van der Waals surface area (Å²) in [5.74, 6) is 1.44. The number of benzene rings is 2. The molecule has 5 heteroatoms. The minimum absolute atomic E-state index is 0.187. The average molecular weight is 334 g/mol. The van der Waals surface area contributed by atoms with E-state index >= 15 is 0 Å².